The van der Waals surface area contributed by atoms with Crippen LogP contribution in [0.3, 0.4) is 0 Å². The van der Waals surface area contributed by atoms with Crippen molar-refractivity contribution in [1.29, 1.82) is 0 Å². The number of hydrogen-bond donors (Lipinski definition) is 0. The third kappa shape index (κ3) is 3.43. The summed E-state index contributed by atoms with van der Waals surface area (Å²) in [7, 11) is 0. The van der Waals surface area contributed by atoms with Crippen LogP contribution >= 0.6 is 11.6 Å². The number of benzene rings is 1. The fraction of sp³-hybridized carbons (Fsp3) is 0.417. The maximum Gasteiger partial charge on any atom is 0.310 e. The molecule has 0 aliphatic rings. The van der Waals surface area contributed by atoms with Crippen LogP contribution in [0.2, 0.25) is 0 Å². The van der Waals surface area contributed by atoms with Crippen LogP contribution in [0.25, 0.3) is 0 Å². The van der Waals surface area contributed by atoms with E-state index in [0.29, 0.717) is 23.3 Å². The van der Waals surface area contributed by atoms with Crippen molar-refractivity contribution in [2.24, 2.45) is 0 Å². The number of rotatable bonds is 5. The molecular weight excluding hydrogens is 258 g/mol. The third-order valence-corrected chi connectivity index (χ3v) is 2.71. The lowest BCUT2D eigenvalue weighted by Gasteiger charge is -2.07. The normalized spacial score (nSPS) is 10.2. The average Bonchev–Trinajstić information content (AvgIpc) is 2.27. The molecule has 0 saturated heterocycles. The summed E-state index contributed by atoms with van der Waals surface area (Å²) < 4.78 is 4.83. The molecule has 0 bridgehead atoms. The van der Waals surface area contributed by atoms with Gasteiger partial charge in [0.05, 0.1) is 23.8 Å². The molecule has 0 aliphatic heterocycles. The minimum absolute atomic E-state index is 0.0117. The van der Waals surface area contributed by atoms with E-state index in [-0.39, 0.29) is 24.0 Å². The van der Waals surface area contributed by atoms with Gasteiger partial charge in [-0.1, -0.05) is 0 Å². The molecule has 0 fully saturated rings. The van der Waals surface area contributed by atoms with Gasteiger partial charge in [-0.25, -0.2) is 0 Å². The zero-order valence-electron chi connectivity index (χ0n) is 10.2. The van der Waals surface area contributed by atoms with E-state index in [9.17, 15) is 14.9 Å². The van der Waals surface area contributed by atoms with Crippen molar-refractivity contribution in [3.8, 4) is 0 Å². The number of nitro benzene ring substituents is 1. The van der Waals surface area contributed by atoms with Crippen LogP contribution in [0.1, 0.15) is 23.6 Å². The lowest BCUT2D eigenvalue weighted by molar-refractivity contribution is -0.386. The van der Waals surface area contributed by atoms with E-state index < -0.39 is 4.92 Å². The summed E-state index contributed by atoms with van der Waals surface area (Å²) in [5.41, 5.74) is 1.60. The second-order valence-corrected chi connectivity index (χ2v) is 4.06. The summed E-state index contributed by atoms with van der Waals surface area (Å²) in [4.78, 5) is 21.8. The SMILES string of the molecule is CCOC(=O)Cc1cc(C)c([N+](=O)[O-])c(CCl)c1. The van der Waals surface area contributed by atoms with Crippen molar-refractivity contribution >= 4 is 23.3 Å². The molecule has 0 radical (unpaired) electrons. The fourth-order valence-corrected chi connectivity index (χ4v) is 1.98. The first-order valence-electron chi connectivity index (χ1n) is 5.48. The maximum atomic E-state index is 11.4. The lowest BCUT2D eigenvalue weighted by atomic mass is 10.0. The van der Waals surface area contributed by atoms with Gasteiger partial charge < -0.3 is 4.74 Å². The van der Waals surface area contributed by atoms with Crippen molar-refractivity contribution < 1.29 is 14.5 Å². The zero-order valence-corrected chi connectivity index (χ0v) is 11.0. The highest BCUT2D eigenvalue weighted by atomic mass is 35.5. The molecular formula is C12H14ClNO4. The Morgan fingerprint density at radius 3 is 2.67 bits per heavy atom. The molecule has 0 saturated carbocycles. The highest BCUT2D eigenvalue weighted by Crippen LogP contribution is 2.26. The molecule has 0 heterocycles. The summed E-state index contributed by atoms with van der Waals surface area (Å²) in [6.45, 7) is 3.67. The van der Waals surface area contributed by atoms with Crippen molar-refractivity contribution in [3.05, 3.63) is 38.9 Å². The minimum Gasteiger partial charge on any atom is -0.466 e. The molecule has 1 aromatic rings. The van der Waals surface area contributed by atoms with Crippen LogP contribution in [-0.4, -0.2) is 17.5 Å². The largest absolute Gasteiger partial charge is 0.466 e. The Morgan fingerprint density at radius 1 is 1.50 bits per heavy atom. The van der Waals surface area contributed by atoms with Gasteiger partial charge in [0.2, 0.25) is 0 Å². The van der Waals surface area contributed by atoms with Crippen LogP contribution in [-0.2, 0) is 21.8 Å². The Bertz CT molecular complexity index is 473. The Kier molecular flexibility index (Phi) is 5.09. The van der Waals surface area contributed by atoms with Gasteiger partial charge in [-0.05, 0) is 31.5 Å². The van der Waals surface area contributed by atoms with E-state index in [1.54, 1.807) is 26.0 Å². The summed E-state index contributed by atoms with van der Waals surface area (Å²) in [5, 5.41) is 10.9. The number of carbonyl (C=O) groups excluding carboxylic acids is 1. The first-order chi connectivity index (χ1) is 8.49. The van der Waals surface area contributed by atoms with Gasteiger partial charge in [0.25, 0.3) is 5.69 Å². The number of ether oxygens (including phenoxy) is 1. The van der Waals surface area contributed by atoms with Gasteiger partial charge in [-0.2, -0.15) is 0 Å². The topological polar surface area (TPSA) is 69.4 Å². The molecule has 0 aliphatic carbocycles. The van der Waals surface area contributed by atoms with Crippen LogP contribution in [0.5, 0.6) is 0 Å². The van der Waals surface area contributed by atoms with Gasteiger partial charge in [0.1, 0.15) is 0 Å². The zero-order chi connectivity index (χ0) is 13.7. The van der Waals surface area contributed by atoms with Gasteiger partial charge in [-0.3, -0.25) is 14.9 Å². The molecule has 0 N–H and O–H groups in total. The second-order valence-electron chi connectivity index (χ2n) is 3.79. The molecule has 98 valence electrons. The quantitative estimate of drug-likeness (QED) is 0.357. The Balaban J connectivity index is 3.07. The smallest absolute Gasteiger partial charge is 0.310 e. The standard InChI is InChI=1S/C12H14ClNO4/c1-3-18-11(15)6-9-4-8(2)12(14(16)17)10(5-9)7-13/h4-5H,3,6-7H2,1-2H3. The molecule has 0 unspecified atom stereocenters. The summed E-state index contributed by atoms with van der Waals surface area (Å²) in [6, 6.07) is 3.19. The molecule has 0 atom stereocenters. The van der Waals surface area contributed by atoms with Crippen molar-refractivity contribution in [1.82, 2.24) is 0 Å². The second kappa shape index (κ2) is 6.35. The highest BCUT2D eigenvalue weighted by molar-refractivity contribution is 6.17. The lowest BCUT2D eigenvalue weighted by Crippen LogP contribution is -2.08. The monoisotopic (exact) mass is 271 g/mol. The van der Waals surface area contributed by atoms with Crippen molar-refractivity contribution in [3.63, 3.8) is 0 Å². The molecule has 0 amide bonds. The van der Waals surface area contributed by atoms with Crippen LogP contribution in [0, 0.1) is 17.0 Å². The number of aryl methyl sites for hydroxylation is 1. The number of carbonyl (C=O) groups is 1. The molecule has 5 nitrogen and oxygen atoms in total. The van der Waals surface area contributed by atoms with E-state index in [2.05, 4.69) is 0 Å². The predicted molar refractivity (Wildman–Crippen MR) is 67.7 cm³/mol. The van der Waals surface area contributed by atoms with E-state index in [0.717, 1.165) is 0 Å². The molecule has 0 spiro atoms. The summed E-state index contributed by atoms with van der Waals surface area (Å²) in [5.74, 6) is -0.320. The number of esters is 1. The molecule has 1 aromatic carbocycles. The van der Waals surface area contributed by atoms with E-state index in [4.69, 9.17) is 16.3 Å². The first kappa shape index (κ1) is 14.4. The Morgan fingerprint density at radius 2 is 2.17 bits per heavy atom. The van der Waals surface area contributed by atoms with Gasteiger partial charge >= 0.3 is 5.97 Å². The van der Waals surface area contributed by atoms with E-state index in [1.807, 2.05) is 0 Å². The van der Waals surface area contributed by atoms with Crippen molar-refractivity contribution in [2.75, 3.05) is 6.61 Å². The van der Waals surface area contributed by atoms with E-state index in [1.165, 1.54) is 0 Å². The predicted octanol–water partition coefficient (Wildman–Crippen LogP) is 2.75. The van der Waals surface area contributed by atoms with Gasteiger partial charge in [0.15, 0.2) is 0 Å². The number of halogens is 1. The number of hydrogen-bond acceptors (Lipinski definition) is 4. The Hall–Kier alpha value is -1.62. The van der Waals surface area contributed by atoms with Gasteiger partial charge in [0, 0.05) is 11.1 Å². The average molecular weight is 272 g/mol. The molecule has 0 aromatic heterocycles. The fourth-order valence-electron chi connectivity index (χ4n) is 1.78. The van der Waals surface area contributed by atoms with Gasteiger partial charge in [-0.15, -0.1) is 11.6 Å². The molecule has 6 heteroatoms. The van der Waals surface area contributed by atoms with Crippen LogP contribution in [0.4, 0.5) is 5.69 Å². The molecule has 18 heavy (non-hydrogen) atoms. The number of nitro groups is 1. The first-order valence-corrected chi connectivity index (χ1v) is 6.01. The minimum atomic E-state index is -0.457. The molecule has 1 rings (SSSR count). The van der Waals surface area contributed by atoms with E-state index >= 15 is 0 Å². The number of alkyl halides is 1. The van der Waals surface area contributed by atoms with Crippen LogP contribution < -0.4 is 0 Å². The Labute approximate surface area is 110 Å². The van der Waals surface area contributed by atoms with Crippen LogP contribution in [0.15, 0.2) is 12.1 Å². The third-order valence-electron chi connectivity index (χ3n) is 2.42. The number of nitrogens with zero attached hydrogens (tertiary/aromatic N) is 1. The highest BCUT2D eigenvalue weighted by Gasteiger charge is 2.18. The summed E-state index contributed by atoms with van der Waals surface area (Å²) in [6.07, 6.45) is 0.0938. The summed E-state index contributed by atoms with van der Waals surface area (Å²) >= 11 is 5.70. The maximum absolute atomic E-state index is 11.4. The van der Waals surface area contributed by atoms with Crippen molar-refractivity contribution in [2.45, 2.75) is 26.1 Å².